The van der Waals surface area contributed by atoms with Crippen LogP contribution in [-0.2, 0) is 41.6 Å². The number of aliphatic hydroxyl groups excluding tert-OH is 1. The Morgan fingerprint density at radius 3 is 1.92 bits per heavy atom. The van der Waals surface area contributed by atoms with Gasteiger partial charge in [0.15, 0.2) is 11.9 Å². The molecule has 0 spiro atoms. The Morgan fingerprint density at radius 1 is 0.773 bits per heavy atom. The van der Waals surface area contributed by atoms with Crippen LogP contribution in [0.2, 0.25) is 0 Å². The van der Waals surface area contributed by atoms with Gasteiger partial charge in [0.25, 0.3) is 5.91 Å². The monoisotopic (exact) mass is 925 g/mol. The molecule has 20 nitrogen and oxygen atoms in total. The maximum atomic E-state index is 15.0. The lowest BCUT2D eigenvalue weighted by atomic mass is 9.84. The molecule has 0 radical (unpaired) electrons. The van der Waals surface area contributed by atoms with E-state index >= 15 is 0 Å². The minimum Gasteiger partial charge on any atom is -0.480 e. The van der Waals surface area contributed by atoms with Gasteiger partial charge in [-0.15, -0.1) is 0 Å². The van der Waals surface area contributed by atoms with Crippen LogP contribution in [0.15, 0.2) is 34.3 Å². The minimum absolute atomic E-state index is 0.00139. The fraction of sp³-hybridized carbons (Fsp3) is 0.696. The molecule has 20 heteroatoms. The van der Waals surface area contributed by atoms with Gasteiger partial charge in [-0.1, -0.05) is 75.6 Å². The number of aliphatic carboxylic acids is 1. The number of amides is 5. The van der Waals surface area contributed by atoms with Gasteiger partial charge in [-0.3, -0.25) is 38.9 Å². The molecule has 7 atom stereocenters. The van der Waals surface area contributed by atoms with E-state index in [1.165, 1.54) is 4.90 Å². The number of unbranched alkanes of at least 4 members (excludes halogenated alkanes) is 7. The number of nitrogens with one attached hydrogen (secondary N) is 2. The molecule has 0 bridgehead atoms. The fourth-order valence-corrected chi connectivity index (χ4v) is 9.81. The minimum atomic E-state index is -1.83. The van der Waals surface area contributed by atoms with Crippen molar-refractivity contribution in [2.75, 3.05) is 26.2 Å². The Morgan fingerprint density at radius 2 is 1.35 bits per heavy atom. The molecule has 1 heterocycles. The van der Waals surface area contributed by atoms with Crippen molar-refractivity contribution in [1.82, 2.24) is 20.4 Å². The summed E-state index contributed by atoms with van der Waals surface area (Å²) in [6.07, 6.45) is 11.6. The predicted molar refractivity (Wildman–Crippen MR) is 251 cm³/mol. The second-order valence-electron chi connectivity index (χ2n) is 18.1. The lowest BCUT2D eigenvalue weighted by molar-refractivity contribution is -0.157. The summed E-state index contributed by atoms with van der Waals surface area (Å²) in [5.41, 5.74) is 35.7. The maximum absolute atomic E-state index is 15.0. The van der Waals surface area contributed by atoms with E-state index < -0.39 is 78.2 Å². The second kappa shape index (κ2) is 27.3. The lowest BCUT2D eigenvalue weighted by Crippen LogP contribution is -2.63. The number of carbonyl (C=O) groups excluding carboxylic acids is 5. The van der Waals surface area contributed by atoms with E-state index in [1.807, 2.05) is 24.3 Å². The number of hydrogen-bond donors (Lipinski definition) is 10. The van der Waals surface area contributed by atoms with Crippen LogP contribution in [0.1, 0.15) is 127 Å². The summed E-state index contributed by atoms with van der Waals surface area (Å²) < 4.78 is 0. The van der Waals surface area contributed by atoms with Crippen molar-refractivity contribution in [3.63, 3.8) is 0 Å². The number of aliphatic imine (C=N–C) groups is 2. The number of nitrogens with two attached hydrogens (primary N) is 6. The number of benzene rings is 1. The number of rotatable bonds is 28. The van der Waals surface area contributed by atoms with Crippen LogP contribution in [0, 0.1) is 11.8 Å². The summed E-state index contributed by atoms with van der Waals surface area (Å²) in [5, 5.41) is 27.0. The van der Waals surface area contributed by atoms with Gasteiger partial charge in [0, 0.05) is 25.6 Å². The molecule has 66 heavy (non-hydrogen) atoms. The molecular weight excluding hydrogens is 849 g/mol. The summed E-state index contributed by atoms with van der Waals surface area (Å²) in [4.78, 5) is 95.4. The Kier molecular flexibility index (Phi) is 22.1. The topological polar surface area (TPSA) is 354 Å². The Labute approximate surface area is 388 Å². The molecule has 1 saturated heterocycles. The van der Waals surface area contributed by atoms with Crippen LogP contribution in [0.4, 0.5) is 0 Å². The lowest BCUT2D eigenvalue weighted by Gasteiger charge is -2.38. The number of guanidine groups is 2. The van der Waals surface area contributed by atoms with Gasteiger partial charge >= 0.3 is 5.97 Å². The number of nitrogens with zero attached hydrogens (tertiary/aromatic N) is 4. The van der Waals surface area contributed by atoms with Crippen molar-refractivity contribution in [2.45, 2.75) is 165 Å². The Balaban J connectivity index is 1.66. The first-order chi connectivity index (χ1) is 31.7. The number of fused-ring (bicyclic) bond motifs is 2. The van der Waals surface area contributed by atoms with E-state index in [-0.39, 0.29) is 62.7 Å². The smallest absolute Gasteiger partial charge is 0.326 e. The molecule has 1 aromatic rings. The number of carboxylic acid groups (broad SMARTS) is 1. The molecule has 5 amide bonds. The maximum Gasteiger partial charge on any atom is 0.326 e. The highest BCUT2D eigenvalue weighted by molar-refractivity contribution is 6.04. The summed E-state index contributed by atoms with van der Waals surface area (Å²) >= 11 is 0. The van der Waals surface area contributed by atoms with Crippen LogP contribution < -0.4 is 45.0 Å². The van der Waals surface area contributed by atoms with Gasteiger partial charge in [0.05, 0.1) is 12.6 Å². The van der Waals surface area contributed by atoms with Crippen LogP contribution in [-0.4, -0.2) is 130 Å². The third kappa shape index (κ3) is 15.6. The summed E-state index contributed by atoms with van der Waals surface area (Å²) in [6, 6.07) is 0.647. The van der Waals surface area contributed by atoms with Crippen molar-refractivity contribution in [3.05, 3.63) is 35.4 Å². The molecule has 1 aromatic carbocycles. The van der Waals surface area contributed by atoms with Crippen molar-refractivity contribution in [1.29, 1.82) is 0 Å². The molecule has 1 aliphatic heterocycles. The van der Waals surface area contributed by atoms with E-state index in [0.717, 1.165) is 68.9 Å². The summed E-state index contributed by atoms with van der Waals surface area (Å²) in [5.74, 6) is -5.89. The van der Waals surface area contributed by atoms with Gasteiger partial charge < -0.3 is 60.1 Å². The highest BCUT2D eigenvalue weighted by Crippen LogP contribution is 2.41. The Hall–Kier alpha value is -5.34. The first-order valence-corrected chi connectivity index (χ1v) is 23.9. The average molecular weight is 925 g/mol. The molecule has 0 aromatic heterocycles. The van der Waals surface area contributed by atoms with Gasteiger partial charge in [-0.05, 0) is 100 Å². The summed E-state index contributed by atoms with van der Waals surface area (Å²) in [6.45, 7) is -0.0851. The van der Waals surface area contributed by atoms with Crippen molar-refractivity contribution >= 4 is 47.4 Å². The second-order valence-corrected chi connectivity index (χ2v) is 18.1. The van der Waals surface area contributed by atoms with Gasteiger partial charge in [-0.25, -0.2) is 4.79 Å². The van der Waals surface area contributed by atoms with E-state index in [0.29, 0.717) is 56.4 Å². The number of likely N-dealkylation sites (tertiary alicyclic amines) is 1. The zero-order valence-electron chi connectivity index (χ0n) is 38.5. The van der Waals surface area contributed by atoms with Crippen LogP contribution in [0.5, 0.6) is 0 Å². The molecular formula is C46H76N12O8. The van der Waals surface area contributed by atoms with E-state index in [4.69, 9.17) is 34.4 Å². The van der Waals surface area contributed by atoms with Gasteiger partial charge in [0.2, 0.25) is 23.6 Å². The van der Waals surface area contributed by atoms with Gasteiger partial charge in [0.1, 0.15) is 24.2 Å². The molecule has 1 saturated carbocycles. The number of hydrogen-bond acceptors (Lipinski definition) is 11. The highest BCUT2D eigenvalue weighted by Gasteiger charge is 2.51. The van der Waals surface area contributed by atoms with Gasteiger partial charge in [-0.2, -0.15) is 0 Å². The quantitative estimate of drug-likeness (QED) is 0.0306. The first kappa shape index (κ1) is 53.3. The fourth-order valence-electron chi connectivity index (χ4n) is 9.81. The number of aliphatic hydroxyl groups is 1. The molecule has 2 aliphatic carbocycles. The van der Waals surface area contributed by atoms with Crippen LogP contribution in [0.3, 0.4) is 0 Å². The highest BCUT2D eigenvalue weighted by atomic mass is 16.4. The largest absolute Gasteiger partial charge is 0.480 e. The molecule has 16 N–H and O–H groups in total. The van der Waals surface area contributed by atoms with Crippen LogP contribution >= 0.6 is 0 Å². The third-order valence-corrected chi connectivity index (χ3v) is 13.2. The number of carbonyl (C=O) groups is 6. The Bertz CT molecular complexity index is 1810. The number of imide groups is 1. The van der Waals surface area contributed by atoms with Crippen molar-refractivity contribution in [3.8, 4) is 0 Å². The molecule has 2 fully saturated rings. The zero-order valence-corrected chi connectivity index (χ0v) is 38.5. The van der Waals surface area contributed by atoms with Crippen molar-refractivity contribution < 1.29 is 39.0 Å². The SMILES string of the molecule is NCCCCCCCCCCC(=O)N(C(=O)[C@H](CCCN=C(N)N)NC(=O)[C@H](N)CCCN=C(N)N)[C@@H](CO)C(=O)N[C@@H](C(=O)N1[C@H](C(=O)O)C[C@@H]2CCCC[C@@H]21)C1Cc2ccccc2C1. The molecule has 0 unspecified atom stereocenters. The standard InChI is InChI=1S/C46H76N12O8/c47-22-12-6-4-2-1-3-5-7-21-38(60)58(42(63)34(19-14-24-54-46(51)52)55-40(61)33(48)18-13-23-53-45(49)50)37(28-59)41(62)56-39(32-25-29-15-8-9-16-30(29)26-32)43(64)57-35-20-11-10-17-31(35)27-36(57)44(65)66/h8-9,15-16,31-37,39,59H,1-7,10-14,17-28,47-48H2,(H,55,61)(H,56,62)(H,65,66)(H4,49,50,53)(H4,51,52,54)/t31-,33+,34-,35-,36-,37-,39+/m0/s1. The van der Waals surface area contributed by atoms with Crippen LogP contribution in [0.25, 0.3) is 0 Å². The predicted octanol–water partition coefficient (Wildman–Crippen LogP) is 0.235. The van der Waals surface area contributed by atoms with E-state index in [1.54, 1.807) is 0 Å². The van der Waals surface area contributed by atoms with E-state index in [2.05, 4.69) is 20.6 Å². The zero-order chi connectivity index (χ0) is 48.2. The van der Waals surface area contributed by atoms with Crippen molar-refractivity contribution in [2.24, 2.45) is 56.2 Å². The molecule has 3 aliphatic rings. The molecule has 368 valence electrons. The number of carboxylic acids is 1. The average Bonchev–Trinajstić information content (AvgIpc) is 3.91. The third-order valence-electron chi connectivity index (χ3n) is 13.2. The first-order valence-electron chi connectivity index (χ1n) is 23.9. The normalized spacial score (nSPS) is 19.6. The summed E-state index contributed by atoms with van der Waals surface area (Å²) in [7, 11) is 0. The molecule has 4 rings (SSSR count). The van der Waals surface area contributed by atoms with E-state index in [9.17, 15) is 39.0 Å².